The van der Waals surface area contributed by atoms with Gasteiger partial charge in [-0.15, -0.1) is 0 Å². The molecule has 5 heteroatoms. The zero-order valence-electron chi connectivity index (χ0n) is 16.7. The summed E-state index contributed by atoms with van der Waals surface area (Å²) in [4.78, 5) is 0. The Morgan fingerprint density at radius 3 is 1.23 bits per heavy atom. The second kappa shape index (κ2) is 20.7. The van der Waals surface area contributed by atoms with E-state index in [0.29, 0.717) is 19.3 Å². The van der Waals surface area contributed by atoms with Gasteiger partial charge < -0.3 is 17.0 Å². The molecule has 0 bridgehead atoms. The van der Waals surface area contributed by atoms with Gasteiger partial charge in [0.1, 0.15) is 0 Å². The van der Waals surface area contributed by atoms with Crippen molar-refractivity contribution in [3.8, 4) is 18.2 Å². The Kier molecular flexibility index (Phi) is 22.0. The van der Waals surface area contributed by atoms with Gasteiger partial charge in [0.2, 0.25) is 0 Å². The fourth-order valence-electron chi connectivity index (χ4n) is 3.47. The molecular weight excluding hydrogens is 405 g/mol. The van der Waals surface area contributed by atoms with Crippen LogP contribution < -0.4 is 17.0 Å². The standard InChI is InChI=1S/C21H37N3P.BrH/c1-2-3-4-5-6-7-8-9-10-11-18-25(19-12-15-22,20-13-16-23)21-14-17-24;/h2-14,18-21H2,1H3;1H/q+1;/p-1. The second-order valence-electron chi connectivity index (χ2n) is 7.14. The highest BCUT2D eigenvalue weighted by Crippen LogP contribution is 2.60. The molecule has 0 unspecified atom stereocenters. The van der Waals surface area contributed by atoms with E-state index in [0.717, 1.165) is 18.5 Å². The first-order valence-corrected chi connectivity index (χ1v) is 12.7. The maximum Gasteiger partial charge on any atom is 0.0725 e. The lowest BCUT2D eigenvalue weighted by Gasteiger charge is -2.25. The Morgan fingerprint density at radius 2 is 0.885 bits per heavy atom. The van der Waals surface area contributed by atoms with Gasteiger partial charge >= 0.3 is 0 Å². The molecule has 0 aromatic carbocycles. The Labute approximate surface area is 173 Å². The van der Waals surface area contributed by atoms with Crippen molar-refractivity contribution in [3.63, 3.8) is 0 Å². The molecule has 0 saturated carbocycles. The normalized spacial score (nSPS) is 10.4. The van der Waals surface area contributed by atoms with Gasteiger partial charge in [-0.3, -0.25) is 0 Å². The van der Waals surface area contributed by atoms with Gasteiger partial charge in [0.05, 0.1) is 62.1 Å². The molecular formula is C21H37BrN3P. The lowest BCUT2D eigenvalue weighted by molar-refractivity contribution is -0.00000628. The summed E-state index contributed by atoms with van der Waals surface area (Å²) in [5.41, 5.74) is 0. The maximum absolute atomic E-state index is 8.96. The summed E-state index contributed by atoms with van der Waals surface area (Å²) in [6, 6.07) is 6.83. The second-order valence-corrected chi connectivity index (χ2v) is 11.6. The Balaban J connectivity index is 0. The minimum Gasteiger partial charge on any atom is -1.00 e. The molecule has 0 aliphatic rings. The highest BCUT2D eigenvalue weighted by atomic mass is 79.9. The van der Waals surface area contributed by atoms with Crippen LogP contribution in [0, 0.1) is 34.0 Å². The van der Waals surface area contributed by atoms with E-state index in [9.17, 15) is 0 Å². The lowest BCUT2D eigenvalue weighted by Crippen LogP contribution is -3.00. The predicted molar refractivity (Wildman–Crippen MR) is 109 cm³/mol. The van der Waals surface area contributed by atoms with Gasteiger partial charge in [-0.2, -0.15) is 15.8 Å². The van der Waals surface area contributed by atoms with Crippen molar-refractivity contribution >= 4 is 7.26 Å². The number of hydrogen-bond acceptors (Lipinski definition) is 3. The van der Waals surface area contributed by atoms with Gasteiger partial charge in [0.15, 0.2) is 0 Å². The summed E-state index contributed by atoms with van der Waals surface area (Å²) < 4.78 is 0. The van der Waals surface area contributed by atoms with Crippen molar-refractivity contribution in [1.82, 2.24) is 0 Å². The lowest BCUT2D eigenvalue weighted by atomic mass is 10.1. The highest BCUT2D eigenvalue weighted by molar-refractivity contribution is 7.75. The largest absolute Gasteiger partial charge is 1.00 e. The molecule has 3 nitrogen and oxygen atoms in total. The van der Waals surface area contributed by atoms with Crippen LogP contribution in [0.1, 0.15) is 90.4 Å². The highest BCUT2D eigenvalue weighted by Gasteiger charge is 2.35. The Bertz CT molecular complexity index is 388. The quantitative estimate of drug-likeness (QED) is 0.255. The number of nitrogens with zero attached hydrogens (tertiary/aromatic N) is 3. The van der Waals surface area contributed by atoms with Crippen LogP contribution in [0.15, 0.2) is 0 Å². The van der Waals surface area contributed by atoms with Crippen molar-refractivity contribution in [2.24, 2.45) is 0 Å². The average molecular weight is 442 g/mol. The van der Waals surface area contributed by atoms with E-state index in [2.05, 4.69) is 25.1 Å². The Hall–Kier alpha value is -0.620. The van der Waals surface area contributed by atoms with Crippen LogP contribution in [0.25, 0.3) is 0 Å². The third-order valence-electron chi connectivity index (χ3n) is 5.08. The van der Waals surface area contributed by atoms with Crippen LogP contribution in [0.3, 0.4) is 0 Å². The summed E-state index contributed by atoms with van der Waals surface area (Å²) in [5.74, 6) is 0. The first-order valence-electron chi connectivity index (χ1n) is 10.2. The summed E-state index contributed by atoms with van der Waals surface area (Å²) in [6.07, 6.45) is 19.1. The molecule has 26 heavy (non-hydrogen) atoms. The Morgan fingerprint density at radius 1 is 0.538 bits per heavy atom. The first kappa shape index (κ1) is 27.6. The number of rotatable bonds is 17. The molecule has 0 rings (SSSR count). The summed E-state index contributed by atoms with van der Waals surface area (Å²) in [6.45, 7) is 2.26. The van der Waals surface area contributed by atoms with Crippen LogP contribution in [0.5, 0.6) is 0 Å². The van der Waals surface area contributed by atoms with Crippen LogP contribution in [-0.4, -0.2) is 24.6 Å². The number of unbranched alkanes of at least 4 members (excludes halogenated alkanes) is 9. The summed E-state index contributed by atoms with van der Waals surface area (Å²) in [5, 5.41) is 26.9. The number of hydrogen-bond donors (Lipinski definition) is 0. The van der Waals surface area contributed by atoms with Crippen molar-refractivity contribution in [2.75, 3.05) is 24.6 Å². The van der Waals surface area contributed by atoms with Crippen LogP contribution >= 0.6 is 7.26 Å². The van der Waals surface area contributed by atoms with Crippen LogP contribution in [0.4, 0.5) is 0 Å². The van der Waals surface area contributed by atoms with Gasteiger partial charge in [-0.1, -0.05) is 58.3 Å². The van der Waals surface area contributed by atoms with Crippen LogP contribution in [0.2, 0.25) is 0 Å². The van der Waals surface area contributed by atoms with Gasteiger partial charge in [0.25, 0.3) is 0 Å². The van der Waals surface area contributed by atoms with E-state index in [1.54, 1.807) is 0 Å². The number of nitriles is 3. The maximum atomic E-state index is 8.96. The molecule has 0 N–H and O–H groups in total. The molecule has 0 aromatic rings. The number of halogens is 1. The smallest absolute Gasteiger partial charge is 0.0725 e. The van der Waals surface area contributed by atoms with E-state index in [-0.39, 0.29) is 17.0 Å². The van der Waals surface area contributed by atoms with Gasteiger partial charge in [-0.25, -0.2) is 0 Å². The molecule has 0 heterocycles. The molecule has 0 saturated heterocycles. The average Bonchev–Trinajstić information content (AvgIpc) is 2.64. The molecule has 0 spiro atoms. The molecule has 148 valence electrons. The molecule has 0 atom stereocenters. The van der Waals surface area contributed by atoms with Crippen molar-refractivity contribution in [2.45, 2.75) is 90.4 Å². The van der Waals surface area contributed by atoms with Gasteiger partial charge in [0, 0.05) is 7.26 Å². The molecule has 0 amide bonds. The fraction of sp³-hybridized carbons (Fsp3) is 0.857. The minimum absolute atomic E-state index is 0. The van der Waals surface area contributed by atoms with E-state index < -0.39 is 7.26 Å². The molecule has 0 aliphatic carbocycles. The zero-order valence-corrected chi connectivity index (χ0v) is 19.2. The van der Waals surface area contributed by atoms with Crippen molar-refractivity contribution < 1.29 is 17.0 Å². The molecule has 0 radical (unpaired) electrons. The summed E-state index contributed by atoms with van der Waals surface area (Å²) >= 11 is 0. The molecule has 0 aliphatic heterocycles. The topological polar surface area (TPSA) is 71.4 Å². The van der Waals surface area contributed by atoms with Crippen molar-refractivity contribution in [3.05, 3.63) is 0 Å². The molecule has 0 aromatic heterocycles. The first-order chi connectivity index (χ1) is 12.2. The molecule has 0 fully saturated rings. The minimum atomic E-state index is -1.29. The van der Waals surface area contributed by atoms with E-state index in [1.165, 1.54) is 70.4 Å². The van der Waals surface area contributed by atoms with Gasteiger partial charge in [-0.05, 0) is 12.8 Å². The predicted octanol–water partition coefficient (Wildman–Crippen LogP) is 3.67. The van der Waals surface area contributed by atoms with E-state index in [4.69, 9.17) is 15.8 Å². The van der Waals surface area contributed by atoms with Crippen LogP contribution in [-0.2, 0) is 0 Å². The third kappa shape index (κ3) is 15.6. The SMILES string of the molecule is CCCCCCCCCCCC[P+](CCC#N)(CCC#N)CCC#N.[Br-]. The monoisotopic (exact) mass is 441 g/mol. The zero-order chi connectivity index (χ0) is 18.6. The fourth-order valence-corrected chi connectivity index (χ4v) is 7.43. The third-order valence-corrected chi connectivity index (χ3v) is 9.86. The summed E-state index contributed by atoms with van der Waals surface area (Å²) in [7, 11) is -1.29. The van der Waals surface area contributed by atoms with Crippen molar-refractivity contribution in [1.29, 1.82) is 15.8 Å². The van der Waals surface area contributed by atoms with E-state index >= 15 is 0 Å². The van der Waals surface area contributed by atoms with E-state index in [1.807, 2.05) is 0 Å².